The summed E-state index contributed by atoms with van der Waals surface area (Å²) in [4.78, 5) is 3.24. The molecular formula is C11H9ClN2O. The molecule has 2 aromatic carbocycles. The highest BCUT2D eigenvalue weighted by molar-refractivity contribution is 5.97. The first-order chi connectivity index (χ1) is 6.86. The summed E-state index contributed by atoms with van der Waals surface area (Å²) in [5.74, 6) is 0.575. The van der Waals surface area contributed by atoms with Gasteiger partial charge in [-0.25, -0.2) is 0 Å². The quantitative estimate of drug-likeness (QED) is 0.650. The number of benzene rings is 2. The summed E-state index contributed by atoms with van der Waals surface area (Å²) >= 11 is 0. The van der Waals surface area contributed by atoms with Crippen LogP contribution in [0.3, 0.4) is 0 Å². The van der Waals surface area contributed by atoms with Crippen LogP contribution in [0.2, 0.25) is 0 Å². The number of fused-ring (bicyclic) bond motifs is 1. The molecule has 0 bridgehead atoms. The van der Waals surface area contributed by atoms with Crippen LogP contribution in [0.15, 0.2) is 36.4 Å². The molecule has 0 fully saturated rings. The SMILES string of the molecule is COc1ccc2ccccc2c1[N+]#N.[Cl-]. The Balaban J connectivity index is 0.00000112. The van der Waals surface area contributed by atoms with E-state index in [0.717, 1.165) is 10.8 Å². The van der Waals surface area contributed by atoms with Gasteiger partial charge in [-0.05, 0) is 17.5 Å². The van der Waals surface area contributed by atoms with E-state index >= 15 is 0 Å². The van der Waals surface area contributed by atoms with E-state index in [-0.39, 0.29) is 12.4 Å². The molecule has 0 spiro atoms. The van der Waals surface area contributed by atoms with Gasteiger partial charge in [0.1, 0.15) is 0 Å². The number of nitrogens with zero attached hydrogens (tertiary/aromatic N) is 2. The van der Waals surface area contributed by atoms with Gasteiger partial charge in [-0.1, -0.05) is 24.3 Å². The third-order valence-corrected chi connectivity index (χ3v) is 2.18. The summed E-state index contributed by atoms with van der Waals surface area (Å²) in [7, 11) is 1.55. The Morgan fingerprint density at radius 2 is 1.87 bits per heavy atom. The lowest BCUT2D eigenvalue weighted by Gasteiger charge is -1.98. The monoisotopic (exact) mass is 220 g/mol. The minimum absolute atomic E-state index is 0. The largest absolute Gasteiger partial charge is 1.00 e. The van der Waals surface area contributed by atoms with Crippen molar-refractivity contribution >= 4 is 16.5 Å². The van der Waals surface area contributed by atoms with Crippen LogP contribution in [-0.2, 0) is 0 Å². The van der Waals surface area contributed by atoms with Gasteiger partial charge in [-0.2, -0.15) is 0 Å². The van der Waals surface area contributed by atoms with Gasteiger partial charge in [0.2, 0.25) is 11.1 Å². The van der Waals surface area contributed by atoms with E-state index in [1.54, 1.807) is 13.2 Å². The molecule has 0 saturated heterocycles. The van der Waals surface area contributed by atoms with Gasteiger partial charge in [0, 0.05) is 0 Å². The van der Waals surface area contributed by atoms with Gasteiger partial charge >= 0.3 is 5.69 Å². The second-order valence-corrected chi connectivity index (χ2v) is 2.94. The van der Waals surface area contributed by atoms with Crippen molar-refractivity contribution in [2.24, 2.45) is 0 Å². The van der Waals surface area contributed by atoms with E-state index in [4.69, 9.17) is 10.1 Å². The Morgan fingerprint density at radius 3 is 2.53 bits per heavy atom. The molecule has 0 radical (unpaired) electrons. The molecule has 0 amide bonds. The van der Waals surface area contributed by atoms with E-state index in [1.165, 1.54) is 0 Å². The summed E-state index contributed by atoms with van der Waals surface area (Å²) in [6, 6.07) is 11.4. The molecule has 0 aliphatic carbocycles. The number of methoxy groups -OCH3 is 1. The normalized spacial score (nSPS) is 9.07. The average molecular weight is 221 g/mol. The maximum absolute atomic E-state index is 8.89. The highest BCUT2D eigenvalue weighted by atomic mass is 35.5. The second kappa shape index (κ2) is 4.63. The Kier molecular flexibility index (Phi) is 3.48. The molecule has 2 rings (SSSR count). The van der Waals surface area contributed by atoms with Crippen LogP contribution in [0.1, 0.15) is 0 Å². The van der Waals surface area contributed by atoms with E-state index in [9.17, 15) is 0 Å². The number of halogens is 1. The van der Waals surface area contributed by atoms with Crippen molar-refractivity contribution in [2.75, 3.05) is 7.11 Å². The third kappa shape index (κ3) is 1.85. The van der Waals surface area contributed by atoms with Crippen molar-refractivity contribution in [2.45, 2.75) is 0 Å². The van der Waals surface area contributed by atoms with Crippen molar-refractivity contribution in [3.8, 4) is 5.75 Å². The van der Waals surface area contributed by atoms with Gasteiger partial charge in [-0.3, -0.25) is 0 Å². The molecule has 0 saturated carbocycles. The summed E-state index contributed by atoms with van der Waals surface area (Å²) in [6.45, 7) is 0. The molecule has 0 aromatic heterocycles. The summed E-state index contributed by atoms with van der Waals surface area (Å²) < 4.78 is 5.09. The molecule has 0 aliphatic heterocycles. The molecule has 76 valence electrons. The summed E-state index contributed by atoms with van der Waals surface area (Å²) in [5.41, 5.74) is 0.477. The van der Waals surface area contributed by atoms with Crippen LogP contribution in [0, 0.1) is 5.39 Å². The molecule has 0 atom stereocenters. The smallest absolute Gasteiger partial charge is 0.433 e. The van der Waals surface area contributed by atoms with Crippen LogP contribution < -0.4 is 17.1 Å². The Morgan fingerprint density at radius 1 is 1.13 bits per heavy atom. The van der Waals surface area contributed by atoms with Crippen molar-refractivity contribution in [3.63, 3.8) is 0 Å². The highest BCUT2D eigenvalue weighted by Crippen LogP contribution is 2.35. The molecule has 3 nitrogen and oxygen atoms in total. The first-order valence-corrected chi connectivity index (χ1v) is 4.27. The topological polar surface area (TPSA) is 37.4 Å². The zero-order valence-electron chi connectivity index (χ0n) is 8.14. The maximum Gasteiger partial charge on any atom is 0.433 e. The van der Waals surface area contributed by atoms with Gasteiger partial charge in [-0.15, -0.1) is 0 Å². The van der Waals surface area contributed by atoms with E-state index in [1.807, 2.05) is 30.3 Å². The molecule has 0 heterocycles. The minimum Gasteiger partial charge on any atom is -1.00 e. The predicted molar refractivity (Wildman–Crippen MR) is 55.2 cm³/mol. The number of rotatable bonds is 1. The van der Waals surface area contributed by atoms with E-state index in [2.05, 4.69) is 4.98 Å². The molecular weight excluding hydrogens is 212 g/mol. The Bertz CT molecular complexity index is 519. The Hall–Kier alpha value is -1.79. The maximum atomic E-state index is 8.89. The zero-order chi connectivity index (χ0) is 9.97. The first-order valence-electron chi connectivity index (χ1n) is 4.27. The van der Waals surface area contributed by atoms with Gasteiger partial charge in [0.15, 0.2) is 4.98 Å². The number of hydrogen-bond donors (Lipinski definition) is 0. The molecule has 4 heteroatoms. The van der Waals surface area contributed by atoms with Crippen molar-refractivity contribution < 1.29 is 17.1 Å². The molecule has 0 N–H and O–H groups in total. The third-order valence-electron chi connectivity index (χ3n) is 2.18. The van der Waals surface area contributed by atoms with Crippen LogP contribution >= 0.6 is 0 Å². The van der Waals surface area contributed by atoms with Crippen molar-refractivity contribution in [1.82, 2.24) is 0 Å². The Labute approximate surface area is 93.7 Å². The summed E-state index contributed by atoms with van der Waals surface area (Å²) in [5, 5.41) is 10.8. The molecule has 2 aromatic rings. The molecule has 0 unspecified atom stereocenters. The van der Waals surface area contributed by atoms with Crippen LogP contribution in [0.5, 0.6) is 5.75 Å². The average Bonchev–Trinajstić information content (AvgIpc) is 2.27. The summed E-state index contributed by atoms with van der Waals surface area (Å²) in [6.07, 6.45) is 0. The van der Waals surface area contributed by atoms with Gasteiger partial charge in [0.25, 0.3) is 0 Å². The molecule has 0 aliphatic rings. The first kappa shape index (κ1) is 11.3. The lowest BCUT2D eigenvalue weighted by atomic mass is 10.1. The van der Waals surface area contributed by atoms with Gasteiger partial charge < -0.3 is 17.1 Å². The second-order valence-electron chi connectivity index (χ2n) is 2.94. The van der Waals surface area contributed by atoms with Crippen molar-refractivity contribution in [1.29, 1.82) is 5.39 Å². The number of hydrogen-bond acceptors (Lipinski definition) is 2. The van der Waals surface area contributed by atoms with E-state index in [0.29, 0.717) is 11.4 Å². The van der Waals surface area contributed by atoms with E-state index < -0.39 is 0 Å². The van der Waals surface area contributed by atoms with Crippen LogP contribution in [0.4, 0.5) is 5.69 Å². The lowest BCUT2D eigenvalue weighted by molar-refractivity contribution is -0.00000327. The minimum atomic E-state index is 0. The lowest BCUT2D eigenvalue weighted by Crippen LogP contribution is -3.00. The van der Waals surface area contributed by atoms with Gasteiger partial charge in [0.05, 0.1) is 12.5 Å². The van der Waals surface area contributed by atoms with Crippen molar-refractivity contribution in [3.05, 3.63) is 41.4 Å². The zero-order valence-corrected chi connectivity index (χ0v) is 8.90. The predicted octanol–water partition coefficient (Wildman–Crippen LogP) is 0.337. The highest BCUT2D eigenvalue weighted by Gasteiger charge is 2.18. The standard InChI is InChI=1S/C11H9N2O.ClH/c1-14-10-7-6-8-4-2-3-5-9(8)11(10)13-12;/h2-7H,1H3;1H/q+1;/p-1. The number of diazo groups is 1. The fourth-order valence-electron chi connectivity index (χ4n) is 1.50. The van der Waals surface area contributed by atoms with Crippen LogP contribution in [-0.4, -0.2) is 7.11 Å². The fourth-order valence-corrected chi connectivity index (χ4v) is 1.50. The number of ether oxygens (including phenoxy) is 1. The van der Waals surface area contributed by atoms with Crippen LogP contribution in [0.25, 0.3) is 15.7 Å². The fraction of sp³-hybridized carbons (Fsp3) is 0.0909. The molecule has 15 heavy (non-hydrogen) atoms.